The maximum Gasteiger partial charge on any atom is 0.406 e. The summed E-state index contributed by atoms with van der Waals surface area (Å²) in [6.07, 6.45) is 0.687. The van der Waals surface area contributed by atoms with Gasteiger partial charge >= 0.3 is 6.18 Å². The molecule has 8 nitrogen and oxygen atoms in total. The maximum absolute atomic E-state index is 13.6. The van der Waals surface area contributed by atoms with Gasteiger partial charge in [-0.2, -0.15) is 18.4 Å². The molecule has 3 aromatic rings. The summed E-state index contributed by atoms with van der Waals surface area (Å²) in [5, 5.41) is 16.1. The van der Waals surface area contributed by atoms with Crippen molar-refractivity contribution in [1.29, 1.82) is 5.26 Å². The standard InChI is InChI=1S/C30H34F3N5O3S/c1-37(2)22-11-9-21(10-12-22)36-26-7-4-8-28-25(26)18-23(38(28)20-30(31,32)33)6-5-16-35-27-14-13-24(42(3,39)40)19-29(27)41-17-15-34/h4,7-8,13-14,18-19,21-22,35-36H,9-12,16-17,20H2,1-3H3/t21-,22-. The van der Waals surface area contributed by atoms with E-state index in [-0.39, 0.29) is 35.5 Å². The third kappa shape index (κ3) is 7.90. The van der Waals surface area contributed by atoms with Crippen molar-refractivity contribution in [3.63, 3.8) is 0 Å². The first-order valence-electron chi connectivity index (χ1n) is 13.5. The van der Waals surface area contributed by atoms with Crippen molar-refractivity contribution >= 4 is 32.1 Å². The number of fused-ring (bicyclic) bond motifs is 1. The van der Waals surface area contributed by atoms with Crippen molar-refractivity contribution in [3.8, 4) is 23.7 Å². The average Bonchev–Trinajstić information content (AvgIpc) is 3.26. The van der Waals surface area contributed by atoms with Crippen LogP contribution in [0, 0.1) is 23.2 Å². The Morgan fingerprint density at radius 3 is 2.48 bits per heavy atom. The number of benzene rings is 2. The largest absolute Gasteiger partial charge is 0.477 e. The van der Waals surface area contributed by atoms with Crippen LogP contribution in [0.1, 0.15) is 31.4 Å². The fourth-order valence-corrected chi connectivity index (χ4v) is 5.84. The second-order valence-electron chi connectivity index (χ2n) is 10.6. The summed E-state index contributed by atoms with van der Waals surface area (Å²) in [5.41, 5.74) is 1.86. The molecule has 0 spiro atoms. The number of nitrogens with zero attached hydrogens (tertiary/aromatic N) is 3. The Balaban J connectivity index is 1.58. The smallest absolute Gasteiger partial charge is 0.406 e. The summed E-state index contributed by atoms with van der Waals surface area (Å²) in [4.78, 5) is 2.26. The number of hydrogen-bond donors (Lipinski definition) is 2. The molecule has 0 saturated heterocycles. The fourth-order valence-electron chi connectivity index (χ4n) is 5.20. The quantitative estimate of drug-likeness (QED) is 0.323. The summed E-state index contributed by atoms with van der Waals surface area (Å²) in [5.74, 6) is 5.89. The lowest BCUT2D eigenvalue weighted by Gasteiger charge is -2.33. The molecule has 0 bridgehead atoms. The van der Waals surface area contributed by atoms with Crippen LogP contribution >= 0.6 is 0 Å². The number of nitriles is 1. The van der Waals surface area contributed by atoms with Gasteiger partial charge in [-0.15, -0.1) is 0 Å². The Morgan fingerprint density at radius 1 is 1.10 bits per heavy atom. The highest BCUT2D eigenvalue weighted by Crippen LogP contribution is 2.33. The van der Waals surface area contributed by atoms with Crippen LogP contribution in [0.2, 0.25) is 0 Å². The van der Waals surface area contributed by atoms with Crippen LogP contribution in [-0.4, -0.2) is 69.6 Å². The number of rotatable bonds is 9. The van der Waals surface area contributed by atoms with Crippen molar-refractivity contribution in [2.75, 3.05) is 44.1 Å². The first-order chi connectivity index (χ1) is 19.9. The molecule has 0 amide bonds. The van der Waals surface area contributed by atoms with Crippen molar-refractivity contribution < 1.29 is 26.3 Å². The average molecular weight is 602 g/mol. The number of alkyl halides is 3. The number of aromatic nitrogens is 1. The van der Waals surface area contributed by atoms with Crippen LogP contribution < -0.4 is 15.4 Å². The lowest BCUT2D eigenvalue weighted by atomic mass is 9.90. The minimum atomic E-state index is -4.44. The zero-order valence-corrected chi connectivity index (χ0v) is 24.6. The van der Waals surface area contributed by atoms with Gasteiger partial charge in [0.2, 0.25) is 0 Å². The number of hydrogen-bond acceptors (Lipinski definition) is 7. The Labute approximate surface area is 244 Å². The van der Waals surface area contributed by atoms with E-state index in [2.05, 4.69) is 41.5 Å². The van der Waals surface area contributed by atoms with Gasteiger partial charge in [0.05, 0.1) is 28.3 Å². The Kier molecular flexibility index (Phi) is 9.60. The van der Waals surface area contributed by atoms with Crippen LogP contribution in [0.5, 0.6) is 5.75 Å². The van der Waals surface area contributed by atoms with E-state index in [0.29, 0.717) is 22.6 Å². The van der Waals surface area contributed by atoms with Crippen LogP contribution in [0.15, 0.2) is 47.4 Å². The van der Waals surface area contributed by atoms with E-state index < -0.39 is 22.6 Å². The van der Waals surface area contributed by atoms with E-state index in [1.807, 2.05) is 12.1 Å². The van der Waals surface area contributed by atoms with Crippen LogP contribution in [0.3, 0.4) is 0 Å². The first-order valence-corrected chi connectivity index (χ1v) is 15.4. The molecule has 42 heavy (non-hydrogen) atoms. The SMILES string of the molecule is CN(C)[C@H]1CC[C@H](Nc2cccc3c2cc(C#CCNc2ccc(S(C)(=O)=O)cc2OCC#N)n3CC(F)(F)F)CC1. The second-order valence-corrected chi connectivity index (χ2v) is 12.6. The van der Waals surface area contributed by atoms with Gasteiger partial charge in [0.15, 0.2) is 16.4 Å². The van der Waals surface area contributed by atoms with E-state index in [1.54, 1.807) is 18.2 Å². The molecule has 2 N–H and O–H groups in total. The molecule has 224 valence electrons. The Morgan fingerprint density at radius 2 is 1.83 bits per heavy atom. The minimum Gasteiger partial charge on any atom is -0.477 e. The predicted octanol–water partition coefficient (Wildman–Crippen LogP) is 5.26. The summed E-state index contributed by atoms with van der Waals surface area (Å²) in [6, 6.07) is 13.8. The van der Waals surface area contributed by atoms with E-state index in [1.165, 1.54) is 22.8 Å². The van der Waals surface area contributed by atoms with Crippen LogP contribution in [-0.2, 0) is 16.4 Å². The molecule has 1 aliphatic rings. The normalized spacial score (nSPS) is 17.4. The van der Waals surface area contributed by atoms with Crippen molar-refractivity contribution in [2.24, 2.45) is 0 Å². The monoisotopic (exact) mass is 601 g/mol. The van der Waals surface area contributed by atoms with Gasteiger partial charge in [0.25, 0.3) is 0 Å². The molecular formula is C30H34F3N5O3S. The highest BCUT2D eigenvalue weighted by atomic mass is 32.2. The first kappa shape index (κ1) is 31.1. The molecular weight excluding hydrogens is 567 g/mol. The van der Waals surface area contributed by atoms with Gasteiger partial charge in [-0.25, -0.2) is 8.42 Å². The molecule has 4 rings (SSSR count). The van der Waals surface area contributed by atoms with Crippen molar-refractivity contribution in [2.45, 2.75) is 55.4 Å². The zero-order valence-electron chi connectivity index (χ0n) is 23.8. The van der Waals surface area contributed by atoms with E-state index in [9.17, 15) is 21.6 Å². The molecule has 2 aromatic carbocycles. The van der Waals surface area contributed by atoms with Crippen molar-refractivity contribution in [3.05, 3.63) is 48.2 Å². The summed E-state index contributed by atoms with van der Waals surface area (Å²) in [7, 11) is 0.660. The van der Waals surface area contributed by atoms with E-state index in [0.717, 1.165) is 37.6 Å². The molecule has 0 radical (unpaired) electrons. The summed E-state index contributed by atoms with van der Waals surface area (Å²) >= 11 is 0. The third-order valence-corrected chi connectivity index (χ3v) is 8.44. The molecule has 1 aromatic heterocycles. The summed E-state index contributed by atoms with van der Waals surface area (Å²) < 4.78 is 71.2. The topological polar surface area (TPSA) is 99.4 Å². The van der Waals surface area contributed by atoms with Gasteiger partial charge in [0, 0.05) is 35.5 Å². The van der Waals surface area contributed by atoms with E-state index in [4.69, 9.17) is 10.00 Å². The molecule has 1 heterocycles. The Bertz CT molecular complexity index is 1620. The van der Waals surface area contributed by atoms with Gasteiger partial charge < -0.3 is 24.8 Å². The minimum absolute atomic E-state index is 0.0268. The number of anilines is 2. The predicted molar refractivity (Wildman–Crippen MR) is 157 cm³/mol. The maximum atomic E-state index is 13.6. The molecule has 1 fully saturated rings. The summed E-state index contributed by atoms with van der Waals surface area (Å²) in [6.45, 7) is -1.43. The highest BCUT2D eigenvalue weighted by molar-refractivity contribution is 7.90. The molecule has 1 saturated carbocycles. The van der Waals surface area contributed by atoms with Gasteiger partial charge in [0.1, 0.15) is 18.4 Å². The van der Waals surface area contributed by atoms with Crippen LogP contribution in [0.4, 0.5) is 24.5 Å². The molecule has 1 aliphatic carbocycles. The molecule has 0 unspecified atom stereocenters. The highest BCUT2D eigenvalue weighted by Gasteiger charge is 2.30. The number of sulfone groups is 1. The lowest BCUT2D eigenvalue weighted by Crippen LogP contribution is -2.36. The van der Waals surface area contributed by atoms with Gasteiger partial charge in [-0.05, 0) is 76.0 Å². The lowest BCUT2D eigenvalue weighted by molar-refractivity contribution is -0.140. The molecule has 0 atom stereocenters. The second kappa shape index (κ2) is 13.0. The molecule has 0 aliphatic heterocycles. The third-order valence-electron chi connectivity index (χ3n) is 7.33. The van der Waals surface area contributed by atoms with Gasteiger partial charge in [-0.1, -0.05) is 12.0 Å². The fraction of sp³-hybridized carbons (Fsp3) is 0.433. The number of ether oxygens (including phenoxy) is 1. The van der Waals surface area contributed by atoms with Gasteiger partial charge in [-0.3, -0.25) is 0 Å². The van der Waals surface area contributed by atoms with Crippen LogP contribution in [0.25, 0.3) is 10.9 Å². The zero-order chi connectivity index (χ0) is 30.5. The Hall–Kier alpha value is -3.87. The number of nitrogens with one attached hydrogen (secondary N) is 2. The van der Waals surface area contributed by atoms with E-state index >= 15 is 0 Å². The number of halogens is 3. The molecule has 12 heteroatoms. The van der Waals surface area contributed by atoms with Crippen molar-refractivity contribution in [1.82, 2.24) is 9.47 Å².